The molecule has 1 saturated heterocycles. The zero-order valence-electron chi connectivity index (χ0n) is 19.9. The number of nitrogens with zero attached hydrogens (tertiary/aromatic N) is 1. The number of halogens is 1. The Bertz CT molecular complexity index is 1250. The quantitative estimate of drug-likeness (QED) is 0.253. The van der Waals surface area contributed by atoms with Gasteiger partial charge < -0.3 is 9.84 Å². The molecule has 4 rings (SSSR count). The number of hydrogen-bond acceptors (Lipinski definition) is 6. The number of hydrogen-bond donors (Lipinski definition) is 1. The predicted octanol–water partition coefficient (Wildman–Crippen LogP) is 4.34. The Morgan fingerprint density at radius 1 is 0.972 bits per heavy atom. The minimum Gasteiger partial charge on any atom is -0.423 e. The highest BCUT2D eigenvalue weighted by atomic mass is 35.5. The molecule has 0 amide bonds. The monoisotopic (exact) mass is 527 g/mol. The van der Waals surface area contributed by atoms with Crippen molar-refractivity contribution >= 4 is 27.4 Å². The van der Waals surface area contributed by atoms with Crippen LogP contribution in [0.25, 0.3) is 0 Å². The molecule has 0 aliphatic carbocycles. The van der Waals surface area contributed by atoms with E-state index in [2.05, 4.69) is 12.1 Å². The topological polar surface area (TPSA) is 83.9 Å². The maximum atomic E-state index is 12.9. The summed E-state index contributed by atoms with van der Waals surface area (Å²) in [6, 6.07) is 22.8. The summed E-state index contributed by atoms with van der Waals surface area (Å²) in [5, 5.41) is 10.6. The third-order valence-electron chi connectivity index (χ3n) is 6.56. The van der Waals surface area contributed by atoms with Gasteiger partial charge in [0.15, 0.2) is 9.84 Å². The van der Waals surface area contributed by atoms with Gasteiger partial charge in [0.25, 0.3) is 0 Å². The summed E-state index contributed by atoms with van der Waals surface area (Å²) in [5.41, 5.74) is 2.49. The normalized spacial score (nSPS) is 18.6. The van der Waals surface area contributed by atoms with Gasteiger partial charge in [-0.25, -0.2) is 13.2 Å². The Labute approximate surface area is 217 Å². The number of ether oxygens (including phenoxy) is 1. The van der Waals surface area contributed by atoms with Crippen LogP contribution in [-0.4, -0.2) is 55.9 Å². The van der Waals surface area contributed by atoms with Crippen molar-refractivity contribution in [1.29, 1.82) is 0 Å². The maximum absolute atomic E-state index is 12.9. The van der Waals surface area contributed by atoms with Gasteiger partial charge in [0, 0.05) is 19.0 Å². The van der Waals surface area contributed by atoms with Crippen molar-refractivity contribution in [2.24, 2.45) is 5.92 Å². The first-order chi connectivity index (χ1) is 17.3. The van der Waals surface area contributed by atoms with Crippen LogP contribution in [0.1, 0.15) is 27.9 Å². The van der Waals surface area contributed by atoms with E-state index in [-0.39, 0.29) is 22.3 Å². The average Bonchev–Trinajstić information content (AvgIpc) is 2.90. The highest BCUT2D eigenvalue weighted by Gasteiger charge is 2.28. The number of carbonyl (C=O) groups excluding carboxylic acids is 1. The molecule has 1 fully saturated rings. The van der Waals surface area contributed by atoms with E-state index in [0.29, 0.717) is 24.5 Å². The highest BCUT2D eigenvalue weighted by Crippen LogP contribution is 2.23. The molecule has 0 bridgehead atoms. The Kier molecular flexibility index (Phi) is 8.80. The molecule has 3 aromatic rings. The fourth-order valence-electron chi connectivity index (χ4n) is 4.38. The number of alkyl halides is 1. The van der Waals surface area contributed by atoms with Crippen molar-refractivity contribution in [3.05, 3.63) is 95.6 Å². The fraction of sp³-hybridized carbons (Fsp3) is 0.321. The smallest absolute Gasteiger partial charge is 0.343 e. The Morgan fingerprint density at radius 3 is 2.31 bits per heavy atom. The van der Waals surface area contributed by atoms with Crippen LogP contribution in [0.4, 0.5) is 0 Å². The number of aliphatic hydroxyl groups excluding tert-OH is 1. The van der Waals surface area contributed by atoms with E-state index in [9.17, 15) is 18.3 Å². The van der Waals surface area contributed by atoms with Crippen molar-refractivity contribution in [3.63, 3.8) is 0 Å². The summed E-state index contributed by atoms with van der Waals surface area (Å²) >= 11 is 5.77. The first-order valence-corrected chi connectivity index (χ1v) is 14.2. The molecule has 6 nitrogen and oxygen atoms in total. The van der Waals surface area contributed by atoms with E-state index in [0.717, 1.165) is 24.9 Å². The lowest BCUT2D eigenvalue weighted by Crippen LogP contribution is -2.46. The summed E-state index contributed by atoms with van der Waals surface area (Å²) in [4.78, 5) is 14.5. The third kappa shape index (κ3) is 6.95. The van der Waals surface area contributed by atoms with Crippen LogP contribution in [0.3, 0.4) is 0 Å². The van der Waals surface area contributed by atoms with Crippen LogP contribution < -0.4 is 4.74 Å². The number of β-amino-alcohol motifs (C(OH)–C–C–N with tert-alkyl or cyclic N) is 1. The molecule has 8 heteroatoms. The molecule has 0 spiro atoms. The first-order valence-electron chi connectivity index (χ1n) is 12.0. The van der Waals surface area contributed by atoms with E-state index in [4.69, 9.17) is 16.3 Å². The van der Waals surface area contributed by atoms with Crippen molar-refractivity contribution in [1.82, 2.24) is 4.90 Å². The number of esters is 1. The van der Waals surface area contributed by atoms with E-state index >= 15 is 0 Å². The average molecular weight is 528 g/mol. The second-order valence-electron chi connectivity index (χ2n) is 9.12. The van der Waals surface area contributed by atoms with E-state index in [1.807, 2.05) is 23.1 Å². The van der Waals surface area contributed by atoms with Crippen LogP contribution in [0.2, 0.25) is 0 Å². The highest BCUT2D eigenvalue weighted by molar-refractivity contribution is 7.91. The molecule has 1 heterocycles. The zero-order valence-corrected chi connectivity index (χ0v) is 21.5. The predicted molar refractivity (Wildman–Crippen MR) is 140 cm³/mol. The second kappa shape index (κ2) is 12.0. The molecule has 3 aromatic carbocycles. The molecule has 0 aromatic heterocycles. The third-order valence-corrected chi connectivity index (χ3v) is 8.58. The van der Waals surface area contributed by atoms with Crippen LogP contribution >= 0.6 is 11.6 Å². The van der Waals surface area contributed by atoms with Crippen molar-refractivity contribution in [2.75, 3.05) is 25.4 Å². The number of sulfone groups is 1. The van der Waals surface area contributed by atoms with Gasteiger partial charge in [-0.1, -0.05) is 42.5 Å². The van der Waals surface area contributed by atoms with Crippen molar-refractivity contribution in [3.8, 4) is 5.75 Å². The van der Waals surface area contributed by atoms with E-state index in [1.165, 1.54) is 29.8 Å². The number of likely N-dealkylation sites (tertiary alicyclic amines) is 1. The molecular formula is C28H30ClNO5S. The minimum absolute atomic E-state index is 0.0465. The van der Waals surface area contributed by atoms with Crippen LogP contribution in [-0.2, 0) is 22.1 Å². The molecular weight excluding hydrogens is 498 g/mol. The molecule has 1 aliphatic heterocycles. The van der Waals surface area contributed by atoms with Crippen molar-refractivity contribution < 1.29 is 23.1 Å². The SMILES string of the molecule is O=C(Oc1ccc(S(=O)(=O)CCN2CCC(Cc3ccccc3)[C@H](O)C2)cc1)c1ccc(CCl)cc1. The summed E-state index contributed by atoms with van der Waals surface area (Å²) in [5.74, 6) is 0.228. The number of benzene rings is 3. The fourth-order valence-corrected chi connectivity index (χ4v) is 5.84. The maximum Gasteiger partial charge on any atom is 0.343 e. The summed E-state index contributed by atoms with van der Waals surface area (Å²) in [7, 11) is -3.52. The zero-order chi connectivity index (χ0) is 25.5. The summed E-state index contributed by atoms with van der Waals surface area (Å²) < 4.78 is 31.1. The first kappa shape index (κ1) is 26.4. The Balaban J connectivity index is 1.28. The Morgan fingerprint density at radius 2 is 1.67 bits per heavy atom. The number of piperidine rings is 1. The van der Waals surface area contributed by atoms with E-state index in [1.54, 1.807) is 24.3 Å². The second-order valence-corrected chi connectivity index (χ2v) is 11.5. The standard InChI is InChI=1S/C28H30ClNO5S/c29-19-22-6-8-23(9-7-22)28(32)35-25-10-12-26(13-11-25)36(33,34)17-16-30-15-14-24(27(31)20-30)18-21-4-2-1-3-5-21/h1-13,24,27,31H,14-20H2/t24?,27-/m1/s1. The molecule has 0 radical (unpaired) electrons. The van der Waals surface area contributed by atoms with Crippen LogP contribution in [0.5, 0.6) is 5.75 Å². The van der Waals surface area contributed by atoms with Crippen LogP contribution in [0, 0.1) is 5.92 Å². The minimum atomic E-state index is -3.52. The molecule has 2 atom stereocenters. The van der Waals surface area contributed by atoms with Gasteiger partial charge in [-0.2, -0.15) is 0 Å². The number of aliphatic hydroxyl groups is 1. The van der Waals surface area contributed by atoms with Gasteiger partial charge in [-0.05, 0) is 72.8 Å². The summed E-state index contributed by atoms with van der Waals surface area (Å²) in [6.07, 6.45) is 1.16. The van der Waals surface area contributed by atoms with Gasteiger partial charge in [0.05, 0.1) is 22.3 Å². The van der Waals surface area contributed by atoms with Gasteiger partial charge in [0.1, 0.15) is 5.75 Å². The van der Waals surface area contributed by atoms with Gasteiger partial charge in [-0.15, -0.1) is 11.6 Å². The molecule has 0 saturated carbocycles. The lowest BCUT2D eigenvalue weighted by molar-refractivity contribution is 0.0245. The number of carbonyl (C=O) groups is 1. The molecule has 1 aliphatic rings. The molecule has 1 N–H and O–H groups in total. The molecule has 190 valence electrons. The van der Waals surface area contributed by atoms with Gasteiger partial charge in [-0.3, -0.25) is 4.90 Å². The molecule has 1 unspecified atom stereocenters. The largest absolute Gasteiger partial charge is 0.423 e. The molecule has 36 heavy (non-hydrogen) atoms. The van der Waals surface area contributed by atoms with E-state index < -0.39 is 21.9 Å². The van der Waals surface area contributed by atoms with Gasteiger partial charge >= 0.3 is 5.97 Å². The number of rotatable bonds is 9. The van der Waals surface area contributed by atoms with Gasteiger partial charge in [0.2, 0.25) is 0 Å². The lowest BCUT2D eigenvalue weighted by atomic mass is 9.88. The van der Waals surface area contributed by atoms with Crippen molar-refractivity contribution in [2.45, 2.75) is 29.7 Å². The summed E-state index contributed by atoms with van der Waals surface area (Å²) in [6.45, 7) is 1.57. The lowest BCUT2D eigenvalue weighted by Gasteiger charge is -2.36. The van der Waals surface area contributed by atoms with Crippen LogP contribution in [0.15, 0.2) is 83.8 Å². The Hall–Kier alpha value is -2.71.